The Morgan fingerprint density at radius 1 is 1.35 bits per heavy atom. The molecule has 0 aliphatic heterocycles. The Labute approximate surface area is 132 Å². The fourth-order valence-corrected chi connectivity index (χ4v) is 3.74. The molecule has 1 nitrogen and oxygen atoms in total. The van der Waals surface area contributed by atoms with E-state index < -0.39 is 0 Å². The van der Waals surface area contributed by atoms with Crippen LogP contribution < -0.4 is 5.32 Å². The first-order valence-corrected chi connectivity index (χ1v) is 8.06. The standard InChI is InChI=1S/C12H10BrClINS/c1-16-12(10-4-5-11(13)17-10)7-2-3-9(15)8(14)6-7/h2-6,12,16H,1H3. The smallest absolute Gasteiger partial charge is 0.0702 e. The number of rotatable bonds is 3. The lowest BCUT2D eigenvalue weighted by atomic mass is 10.1. The number of nitrogens with one attached hydrogen (secondary N) is 1. The second-order valence-electron chi connectivity index (χ2n) is 3.54. The van der Waals surface area contributed by atoms with Gasteiger partial charge in [-0.25, -0.2) is 0 Å². The predicted octanol–water partition coefficient (Wildman–Crippen LogP) is 5.08. The lowest BCUT2D eigenvalue weighted by Gasteiger charge is -2.15. The molecule has 0 aliphatic rings. The molecule has 17 heavy (non-hydrogen) atoms. The number of hydrogen-bond donors (Lipinski definition) is 1. The molecule has 0 aliphatic carbocycles. The largest absolute Gasteiger partial charge is 0.309 e. The fraction of sp³-hybridized carbons (Fsp3) is 0.167. The summed E-state index contributed by atoms with van der Waals surface area (Å²) in [4.78, 5) is 1.27. The molecule has 5 heteroatoms. The van der Waals surface area contributed by atoms with E-state index in [2.05, 4.69) is 62.0 Å². The minimum absolute atomic E-state index is 0.195. The molecule has 2 rings (SSSR count). The van der Waals surface area contributed by atoms with E-state index in [0.29, 0.717) is 0 Å². The maximum atomic E-state index is 6.17. The summed E-state index contributed by atoms with van der Waals surface area (Å²) < 4.78 is 2.22. The molecule has 0 saturated heterocycles. The molecule has 90 valence electrons. The van der Waals surface area contributed by atoms with Crippen molar-refractivity contribution in [1.29, 1.82) is 0 Å². The first-order chi connectivity index (χ1) is 8.11. The Morgan fingerprint density at radius 2 is 2.12 bits per heavy atom. The van der Waals surface area contributed by atoms with Crippen LogP contribution in [0.4, 0.5) is 0 Å². The van der Waals surface area contributed by atoms with Gasteiger partial charge in [0.2, 0.25) is 0 Å². The monoisotopic (exact) mass is 441 g/mol. The van der Waals surface area contributed by atoms with Crippen molar-refractivity contribution in [1.82, 2.24) is 5.32 Å². The molecule has 1 heterocycles. The van der Waals surface area contributed by atoms with Crippen LogP contribution in [-0.2, 0) is 0 Å². The zero-order valence-electron chi connectivity index (χ0n) is 9.01. The zero-order chi connectivity index (χ0) is 12.4. The van der Waals surface area contributed by atoms with E-state index in [9.17, 15) is 0 Å². The highest BCUT2D eigenvalue weighted by molar-refractivity contribution is 14.1. The summed E-state index contributed by atoms with van der Waals surface area (Å²) >= 11 is 13.6. The number of halogens is 3. The van der Waals surface area contributed by atoms with Crippen LogP contribution in [0, 0.1) is 3.57 Å². The molecule has 0 radical (unpaired) electrons. The van der Waals surface area contributed by atoms with E-state index in [1.165, 1.54) is 10.4 Å². The Hall–Kier alpha value is 0.380. The van der Waals surface area contributed by atoms with Gasteiger partial charge in [0.1, 0.15) is 0 Å². The molecule has 0 bridgehead atoms. The molecule has 1 aromatic heterocycles. The van der Waals surface area contributed by atoms with Gasteiger partial charge >= 0.3 is 0 Å². The van der Waals surface area contributed by atoms with Gasteiger partial charge in [-0.2, -0.15) is 0 Å². The Balaban J connectivity index is 2.38. The molecule has 1 aromatic carbocycles. The minimum atomic E-state index is 0.195. The predicted molar refractivity (Wildman–Crippen MR) is 87.1 cm³/mol. The van der Waals surface area contributed by atoms with Crippen molar-refractivity contribution < 1.29 is 0 Å². The molecule has 0 spiro atoms. The van der Waals surface area contributed by atoms with Crippen LogP contribution in [0.5, 0.6) is 0 Å². The first-order valence-electron chi connectivity index (χ1n) is 4.99. The van der Waals surface area contributed by atoms with Crippen LogP contribution in [0.2, 0.25) is 5.02 Å². The summed E-state index contributed by atoms with van der Waals surface area (Å²) in [6.45, 7) is 0. The van der Waals surface area contributed by atoms with Crippen molar-refractivity contribution >= 4 is 61.5 Å². The van der Waals surface area contributed by atoms with Crippen LogP contribution in [0.15, 0.2) is 34.1 Å². The van der Waals surface area contributed by atoms with E-state index in [1.807, 2.05) is 19.2 Å². The molecular formula is C12H10BrClINS. The van der Waals surface area contributed by atoms with Crippen molar-refractivity contribution in [3.8, 4) is 0 Å². The summed E-state index contributed by atoms with van der Waals surface area (Å²) in [6, 6.07) is 10.6. The van der Waals surface area contributed by atoms with Crippen molar-refractivity contribution in [2.75, 3.05) is 7.05 Å². The average molecular weight is 443 g/mol. The molecule has 1 atom stereocenters. The molecule has 2 aromatic rings. The van der Waals surface area contributed by atoms with Gasteiger partial charge in [-0.3, -0.25) is 0 Å². The Bertz CT molecular complexity index is 529. The quantitative estimate of drug-likeness (QED) is 0.654. The van der Waals surface area contributed by atoms with Crippen molar-refractivity contribution in [2.24, 2.45) is 0 Å². The molecule has 0 amide bonds. The van der Waals surface area contributed by atoms with Gasteiger partial charge in [-0.05, 0) is 75.4 Å². The van der Waals surface area contributed by atoms with E-state index in [0.717, 1.165) is 12.4 Å². The van der Waals surface area contributed by atoms with Gasteiger partial charge in [-0.15, -0.1) is 11.3 Å². The zero-order valence-corrected chi connectivity index (χ0v) is 14.3. The highest BCUT2D eigenvalue weighted by Crippen LogP contribution is 2.32. The third-order valence-corrected chi connectivity index (χ3v) is 5.70. The van der Waals surface area contributed by atoms with E-state index in [1.54, 1.807) is 11.3 Å². The first kappa shape index (κ1) is 13.8. The van der Waals surface area contributed by atoms with E-state index in [4.69, 9.17) is 11.6 Å². The number of thiophene rings is 1. The lowest BCUT2D eigenvalue weighted by Crippen LogP contribution is -2.16. The SMILES string of the molecule is CNC(c1ccc(I)c(Cl)c1)c1ccc(Br)s1. The third-order valence-electron chi connectivity index (χ3n) is 2.44. The topological polar surface area (TPSA) is 12.0 Å². The van der Waals surface area contributed by atoms with Crippen molar-refractivity contribution in [3.05, 3.63) is 53.2 Å². The lowest BCUT2D eigenvalue weighted by molar-refractivity contribution is 0.704. The van der Waals surface area contributed by atoms with Crippen LogP contribution >= 0.6 is 61.5 Å². The second-order valence-corrected chi connectivity index (χ2v) is 7.60. The normalized spacial score (nSPS) is 12.7. The molecule has 1 N–H and O–H groups in total. The van der Waals surface area contributed by atoms with Gasteiger partial charge < -0.3 is 5.32 Å². The summed E-state index contributed by atoms with van der Waals surface area (Å²) in [5.74, 6) is 0. The highest BCUT2D eigenvalue weighted by atomic mass is 127. The van der Waals surface area contributed by atoms with E-state index >= 15 is 0 Å². The van der Waals surface area contributed by atoms with Gasteiger partial charge in [0.25, 0.3) is 0 Å². The maximum Gasteiger partial charge on any atom is 0.0702 e. The Kier molecular flexibility index (Phi) is 4.88. The maximum absolute atomic E-state index is 6.17. The van der Waals surface area contributed by atoms with Crippen LogP contribution in [-0.4, -0.2) is 7.05 Å². The fourth-order valence-electron chi connectivity index (χ4n) is 1.65. The van der Waals surface area contributed by atoms with Gasteiger partial charge in [0, 0.05) is 8.45 Å². The van der Waals surface area contributed by atoms with Gasteiger partial charge in [-0.1, -0.05) is 17.7 Å². The highest BCUT2D eigenvalue weighted by Gasteiger charge is 2.14. The van der Waals surface area contributed by atoms with Gasteiger partial charge in [0.15, 0.2) is 0 Å². The Morgan fingerprint density at radius 3 is 2.65 bits per heavy atom. The molecule has 0 fully saturated rings. The average Bonchev–Trinajstić information content (AvgIpc) is 2.71. The summed E-state index contributed by atoms with van der Waals surface area (Å²) in [5, 5.41) is 4.13. The molecule has 0 saturated carbocycles. The number of benzene rings is 1. The molecular weight excluding hydrogens is 432 g/mol. The van der Waals surface area contributed by atoms with Gasteiger partial charge in [0.05, 0.1) is 14.9 Å². The van der Waals surface area contributed by atoms with Crippen molar-refractivity contribution in [3.63, 3.8) is 0 Å². The number of hydrogen-bond acceptors (Lipinski definition) is 2. The van der Waals surface area contributed by atoms with Crippen molar-refractivity contribution in [2.45, 2.75) is 6.04 Å². The van der Waals surface area contributed by atoms with Crippen LogP contribution in [0.3, 0.4) is 0 Å². The molecule has 1 unspecified atom stereocenters. The summed E-state index contributed by atoms with van der Waals surface area (Å²) in [5.41, 5.74) is 1.19. The third kappa shape index (κ3) is 3.23. The van der Waals surface area contributed by atoms with Crippen LogP contribution in [0.25, 0.3) is 0 Å². The summed E-state index contributed by atoms with van der Waals surface area (Å²) in [6.07, 6.45) is 0. The van der Waals surface area contributed by atoms with Crippen LogP contribution in [0.1, 0.15) is 16.5 Å². The van der Waals surface area contributed by atoms with E-state index in [-0.39, 0.29) is 6.04 Å². The minimum Gasteiger partial charge on any atom is -0.309 e. The second kappa shape index (κ2) is 6.02. The summed E-state index contributed by atoms with van der Waals surface area (Å²) in [7, 11) is 1.96.